The molecule has 1 heterocycles. The van der Waals surface area contributed by atoms with Crippen molar-refractivity contribution in [3.8, 4) is 0 Å². The van der Waals surface area contributed by atoms with Crippen LogP contribution in [-0.4, -0.2) is 29.9 Å². The number of carbonyl (C=O) groups is 1. The van der Waals surface area contributed by atoms with E-state index in [1.54, 1.807) is 0 Å². The van der Waals surface area contributed by atoms with Crippen LogP contribution in [0.1, 0.15) is 75.5 Å². The van der Waals surface area contributed by atoms with Crippen LogP contribution in [0.3, 0.4) is 0 Å². The number of rotatable bonds is 3. The van der Waals surface area contributed by atoms with Crippen LogP contribution in [0.5, 0.6) is 0 Å². The van der Waals surface area contributed by atoms with Crippen molar-refractivity contribution in [1.82, 2.24) is 10.2 Å². The lowest BCUT2D eigenvalue weighted by atomic mass is 9.73. The molecule has 1 aromatic carbocycles. The quantitative estimate of drug-likeness (QED) is 0.885. The van der Waals surface area contributed by atoms with Gasteiger partial charge < -0.3 is 10.2 Å². The van der Waals surface area contributed by atoms with Gasteiger partial charge in [-0.1, -0.05) is 37.6 Å². The van der Waals surface area contributed by atoms with Crippen LogP contribution in [-0.2, 0) is 10.2 Å². The summed E-state index contributed by atoms with van der Waals surface area (Å²) in [6.07, 6.45) is 10.1. The Kier molecular flexibility index (Phi) is 4.11. The summed E-state index contributed by atoms with van der Waals surface area (Å²) < 4.78 is 0. The van der Waals surface area contributed by atoms with Gasteiger partial charge >= 0.3 is 0 Å². The van der Waals surface area contributed by atoms with E-state index in [4.69, 9.17) is 0 Å². The number of benzene rings is 1. The summed E-state index contributed by atoms with van der Waals surface area (Å²) >= 11 is 0. The largest absolute Gasteiger partial charge is 0.349 e. The van der Waals surface area contributed by atoms with Gasteiger partial charge in [-0.3, -0.25) is 4.79 Å². The highest BCUT2D eigenvalue weighted by atomic mass is 16.1. The summed E-state index contributed by atoms with van der Waals surface area (Å²) in [5, 5.41) is 3.29. The summed E-state index contributed by atoms with van der Waals surface area (Å²) in [7, 11) is 0. The SMILES string of the molecule is CCC(=O)N[C@H]1CC2(CCN([C@@H]3C[C@@H]4CC[C@@H]3C4)CC2)c2ccccc21. The topological polar surface area (TPSA) is 32.3 Å². The fourth-order valence-corrected chi connectivity index (χ4v) is 6.74. The maximum Gasteiger partial charge on any atom is 0.220 e. The van der Waals surface area contributed by atoms with Crippen molar-refractivity contribution in [2.24, 2.45) is 11.8 Å². The summed E-state index contributed by atoms with van der Waals surface area (Å²) in [5.74, 6) is 2.20. The van der Waals surface area contributed by atoms with Crippen LogP contribution >= 0.6 is 0 Å². The number of likely N-dealkylation sites (tertiary alicyclic amines) is 1. The van der Waals surface area contributed by atoms with E-state index in [0.29, 0.717) is 6.42 Å². The van der Waals surface area contributed by atoms with Crippen molar-refractivity contribution in [3.05, 3.63) is 35.4 Å². The van der Waals surface area contributed by atoms with E-state index >= 15 is 0 Å². The smallest absolute Gasteiger partial charge is 0.220 e. The predicted octanol–water partition coefficient (Wildman–Crippen LogP) is 4.18. The van der Waals surface area contributed by atoms with Gasteiger partial charge in [-0.15, -0.1) is 0 Å². The first kappa shape index (κ1) is 16.8. The lowest BCUT2D eigenvalue weighted by Gasteiger charge is -2.44. The zero-order chi connectivity index (χ0) is 17.7. The highest BCUT2D eigenvalue weighted by Gasteiger charge is 2.48. The molecule has 2 bridgehead atoms. The van der Waals surface area contributed by atoms with E-state index in [1.807, 2.05) is 6.92 Å². The normalized spacial score (nSPS) is 35.0. The zero-order valence-electron chi connectivity index (χ0n) is 16.0. The second-order valence-electron chi connectivity index (χ2n) is 9.32. The number of nitrogens with one attached hydrogen (secondary N) is 1. The molecule has 1 amide bonds. The van der Waals surface area contributed by atoms with E-state index in [1.165, 1.54) is 62.7 Å². The molecular formula is C23H32N2O. The molecule has 4 atom stereocenters. The molecule has 4 aliphatic rings. The number of amides is 1. The molecule has 1 aliphatic heterocycles. The number of nitrogens with zero attached hydrogens (tertiary/aromatic N) is 1. The van der Waals surface area contributed by atoms with Crippen LogP contribution in [0.2, 0.25) is 0 Å². The first-order valence-corrected chi connectivity index (χ1v) is 10.8. The average Bonchev–Trinajstić information content (AvgIpc) is 3.38. The fraction of sp³-hybridized carbons (Fsp3) is 0.696. The Bertz CT molecular complexity index is 691. The van der Waals surface area contributed by atoms with Crippen LogP contribution in [0.15, 0.2) is 24.3 Å². The Labute approximate surface area is 157 Å². The van der Waals surface area contributed by atoms with E-state index < -0.39 is 0 Å². The van der Waals surface area contributed by atoms with Gasteiger partial charge in [-0.25, -0.2) is 0 Å². The molecule has 0 unspecified atom stereocenters. The second-order valence-corrected chi connectivity index (χ2v) is 9.32. The zero-order valence-corrected chi connectivity index (χ0v) is 16.0. The Hall–Kier alpha value is -1.35. The lowest BCUT2D eigenvalue weighted by Crippen LogP contribution is -2.48. The van der Waals surface area contributed by atoms with E-state index in [-0.39, 0.29) is 17.4 Å². The molecule has 0 aromatic heterocycles. The van der Waals surface area contributed by atoms with Crippen molar-refractivity contribution in [2.45, 2.75) is 75.8 Å². The molecule has 5 rings (SSSR count). The van der Waals surface area contributed by atoms with Crippen molar-refractivity contribution in [2.75, 3.05) is 13.1 Å². The Morgan fingerprint density at radius 2 is 2.00 bits per heavy atom. The number of piperidine rings is 1. The molecule has 3 aliphatic carbocycles. The molecule has 140 valence electrons. The van der Waals surface area contributed by atoms with Crippen LogP contribution < -0.4 is 5.32 Å². The molecule has 1 N–H and O–H groups in total. The molecule has 3 fully saturated rings. The van der Waals surface area contributed by atoms with Crippen molar-refractivity contribution < 1.29 is 4.79 Å². The minimum atomic E-state index is 0.182. The number of fused-ring (bicyclic) bond motifs is 4. The van der Waals surface area contributed by atoms with Gasteiger partial charge in [0.2, 0.25) is 5.91 Å². The van der Waals surface area contributed by atoms with Crippen LogP contribution in [0.4, 0.5) is 0 Å². The Morgan fingerprint density at radius 3 is 2.69 bits per heavy atom. The molecule has 2 saturated carbocycles. The molecule has 1 saturated heterocycles. The Morgan fingerprint density at radius 1 is 1.19 bits per heavy atom. The summed E-state index contributed by atoms with van der Waals surface area (Å²) in [4.78, 5) is 14.9. The minimum absolute atomic E-state index is 0.182. The lowest BCUT2D eigenvalue weighted by molar-refractivity contribution is -0.121. The molecule has 1 spiro atoms. The van der Waals surface area contributed by atoms with E-state index in [9.17, 15) is 4.79 Å². The number of carbonyl (C=O) groups excluding carboxylic acids is 1. The van der Waals surface area contributed by atoms with Gasteiger partial charge in [-0.05, 0) is 74.6 Å². The monoisotopic (exact) mass is 352 g/mol. The highest BCUT2D eigenvalue weighted by Crippen LogP contribution is 2.53. The molecule has 26 heavy (non-hydrogen) atoms. The van der Waals surface area contributed by atoms with Crippen LogP contribution in [0.25, 0.3) is 0 Å². The summed E-state index contributed by atoms with van der Waals surface area (Å²) in [6, 6.07) is 9.99. The maximum absolute atomic E-state index is 12.0. The number of hydrogen-bond acceptors (Lipinski definition) is 2. The van der Waals surface area contributed by atoms with Gasteiger partial charge in [0.25, 0.3) is 0 Å². The third kappa shape index (κ3) is 2.62. The second kappa shape index (κ2) is 6.37. The molecule has 1 aromatic rings. The summed E-state index contributed by atoms with van der Waals surface area (Å²) in [5.41, 5.74) is 3.19. The van der Waals surface area contributed by atoms with Gasteiger partial charge in [0.1, 0.15) is 0 Å². The molecule has 0 radical (unpaired) electrons. The van der Waals surface area contributed by atoms with Crippen molar-refractivity contribution >= 4 is 5.91 Å². The highest BCUT2D eigenvalue weighted by molar-refractivity contribution is 5.76. The first-order valence-electron chi connectivity index (χ1n) is 10.8. The van der Waals surface area contributed by atoms with E-state index in [2.05, 4.69) is 34.5 Å². The maximum atomic E-state index is 12.0. The van der Waals surface area contributed by atoms with Crippen molar-refractivity contribution in [3.63, 3.8) is 0 Å². The first-order chi connectivity index (χ1) is 12.7. The molecular weight excluding hydrogens is 320 g/mol. The molecule has 3 nitrogen and oxygen atoms in total. The standard InChI is InChI=1S/C23H32N2O/c1-2-22(26)24-20-15-23(19-6-4-3-5-18(19)20)9-11-25(12-10-23)21-14-16-7-8-17(21)13-16/h3-6,16-17,20-21H,2,7-15H2,1H3,(H,24,26)/t16-,17-,20+,21-/m1/s1. The average molecular weight is 353 g/mol. The third-order valence-corrected chi connectivity index (χ3v) is 8.08. The van der Waals surface area contributed by atoms with Crippen LogP contribution in [0, 0.1) is 11.8 Å². The van der Waals surface area contributed by atoms with Gasteiger partial charge in [0, 0.05) is 17.9 Å². The van der Waals surface area contributed by atoms with Crippen molar-refractivity contribution in [1.29, 1.82) is 0 Å². The number of hydrogen-bond donors (Lipinski definition) is 1. The molecule has 3 heteroatoms. The fourth-order valence-electron chi connectivity index (χ4n) is 6.74. The third-order valence-electron chi connectivity index (χ3n) is 8.08. The van der Waals surface area contributed by atoms with Gasteiger partial charge in [0.05, 0.1) is 6.04 Å². The van der Waals surface area contributed by atoms with Gasteiger partial charge in [0.15, 0.2) is 0 Å². The predicted molar refractivity (Wildman–Crippen MR) is 104 cm³/mol. The summed E-state index contributed by atoms with van der Waals surface area (Å²) in [6.45, 7) is 4.44. The van der Waals surface area contributed by atoms with E-state index in [0.717, 1.165) is 24.3 Å². The minimum Gasteiger partial charge on any atom is -0.349 e. The Balaban J connectivity index is 1.33. The van der Waals surface area contributed by atoms with Gasteiger partial charge in [-0.2, -0.15) is 0 Å².